The van der Waals surface area contributed by atoms with E-state index in [0.29, 0.717) is 24.1 Å². The van der Waals surface area contributed by atoms with Crippen LogP contribution >= 0.6 is 0 Å². The normalized spacial score (nSPS) is 10.8. The first-order valence-corrected chi connectivity index (χ1v) is 8.62. The Morgan fingerprint density at radius 1 is 1.12 bits per heavy atom. The van der Waals surface area contributed by atoms with Crippen LogP contribution < -0.4 is 5.32 Å². The molecule has 0 aliphatic carbocycles. The summed E-state index contributed by atoms with van der Waals surface area (Å²) < 4.78 is 15.5. The van der Waals surface area contributed by atoms with Gasteiger partial charge in [0.15, 0.2) is 0 Å². The SMILES string of the molecule is Cc1ccc(NC(=O)CCc2c(C)nn(-c3ccccc3)c2C)cc1F. The first kappa shape index (κ1) is 17.9. The molecule has 0 unspecified atom stereocenters. The molecule has 0 aliphatic rings. The number of hydrogen-bond acceptors (Lipinski definition) is 2. The highest BCUT2D eigenvalue weighted by Gasteiger charge is 2.14. The molecule has 0 fully saturated rings. The number of nitrogens with zero attached hydrogens (tertiary/aromatic N) is 2. The number of para-hydroxylation sites is 1. The molecule has 5 heteroatoms. The third-order valence-corrected chi connectivity index (χ3v) is 4.50. The second-order valence-electron chi connectivity index (χ2n) is 6.41. The molecule has 4 nitrogen and oxygen atoms in total. The lowest BCUT2D eigenvalue weighted by molar-refractivity contribution is -0.116. The van der Waals surface area contributed by atoms with Crippen molar-refractivity contribution in [3.8, 4) is 5.69 Å². The van der Waals surface area contributed by atoms with E-state index in [1.807, 2.05) is 48.9 Å². The van der Waals surface area contributed by atoms with Crippen LogP contribution in [0.25, 0.3) is 5.69 Å². The van der Waals surface area contributed by atoms with Crippen LogP contribution in [0.3, 0.4) is 0 Å². The Bertz CT molecular complexity index is 932. The Balaban J connectivity index is 1.69. The largest absolute Gasteiger partial charge is 0.326 e. The van der Waals surface area contributed by atoms with E-state index in [1.54, 1.807) is 19.1 Å². The van der Waals surface area contributed by atoms with E-state index >= 15 is 0 Å². The maximum atomic E-state index is 13.6. The van der Waals surface area contributed by atoms with Crippen molar-refractivity contribution in [3.05, 3.63) is 76.9 Å². The molecule has 0 saturated carbocycles. The molecule has 0 bridgehead atoms. The molecule has 3 aromatic rings. The first-order valence-electron chi connectivity index (χ1n) is 8.62. The standard InChI is InChI=1S/C21H22FN3O/c1-14-9-10-17(13-20(14)22)23-21(26)12-11-19-15(2)24-25(16(19)3)18-7-5-4-6-8-18/h4-10,13H,11-12H2,1-3H3,(H,23,26). The maximum Gasteiger partial charge on any atom is 0.224 e. The van der Waals surface area contributed by atoms with E-state index < -0.39 is 0 Å². The Kier molecular flexibility index (Phi) is 5.16. The van der Waals surface area contributed by atoms with Gasteiger partial charge in [0.1, 0.15) is 5.82 Å². The van der Waals surface area contributed by atoms with Gasteiger partial charge in [-0.3, -0.25) is 4.79 Å². The minimum absolute atomic E-state index is 0.139. The summed E-state index contributed by atoms with van der Waals surface area (Å²) in [6.07, 6.45) is 0.905. The molecule has 26 heavy (non-hydrogen) atoms. The summed E-state index contributed by atoms with van der Waals surface area (Å²) in [6, 6.07) is 14.6. The summed E-state index contributed by atoms with van der Waals surface area (Å²) in [7, 11) is 0. The summed E-state index contributed by atoms with van der Waals surface area (Å²) in [6.45, 7) is 5.65. The van der Waals surface area contributed by atoms with Gasteiger partial charge >= 0.3 is 0 Å². The summed E-state index contributed by atoms with van der Waals surface area (Å²) in [5.41, 5.74) is 5.05. The van der Waals surface area contributed by atoms with Crippen LogP contribution in [0.15, 0.2) is 48.5 Å². The van der Waals surface area contributed by atoms with Gasteiger partial charge in [-0.2, -0.15) is 5.10 Å². The molecular formula is C21H22FN3O. The minimum atomic E-state index is -0.321. The zero-order chi connectivity index (χ0) is 18.7. The van der Waals surface area contributed by atoms with Crippen LogP contribution in [0, 0.1) is 26.6 Å². The fourth-order valence-corrected chi connectivity index (χ4v) is 2.99. The van der Waals surface area contributed by atoms with Gasteiger partial charge in [-0.05, 0) is 62.6 Å². The predicted octanol–water partition coefficient (Wildman–Crippen LogP) is 4.51. The van der Waals surface area contributed by atoms with Crippen molar-refractivity contribution in [2.24, 2.45) is 0 Å². The van der Waals surface area contributed by atoms with E-state index in [-0.39, 0.29) is 11.7 Å². The number of hydrogen-bond donors (Lipinski definition) is 1. The van der Waals surface area contributed by atoms with Gasteiger partial charge < -0.3 is 5.32 Å². The van der Waals surface area contributed by atoms with Crippen molar-refractivity contribution >= 4 is 11.6 Å². The second-order valence-corrected chi connectivity index (χ2v) is 6.41. The van der Waals surface area contributed by atoms with E-state index in [4.69, 9.17) is 0 Å². The molecule has 0 atom stereocenters. The van der Waals surface area contributed by atoms with Crippen LogP contribution in [0.4, 0.5) is 10.1 Å². The number of benzene rings is 2. The zero-order valence-electron chi connectivity index (χ0n) is 15.2. The predicted molar refractivity (Wildman–Crippen MR) is 101 cm³/mol. The molecule has 0 spiro atoms. The molecule has 0 saturated heterocycles. The Labute approximate surface area is 152 Å². The summed E-state index contributed by atoms with van der Waals surface area (Å²) in [5.74, 6) is -0.460. The molecule has 1 heterocycles. The third kappa shape index (κ3) is 3.82. The van der Waals surface area contributed by atoms with E-state index in [2.05, 4.69) is 10.4 Å². The highest BCUT2D eigenvalue weighted by atomic mass is 19.1. The van der Waals surface area contributed by atoms with E-state index in [9.17, 15) is 9.18 Å². The molecular weight excluding hydrogens is 329 g/mol. The van der Waals surface area contributed by atoms with Crippen LogP contribution in [-0.4, -0.2) is 15.7 Å². The van der Waals surface area contributed by atoms with Crippen molar-refractivity contribution < 1.29 is 9.18 Å². The summed E-state index contributed by atoms with van der Waals surface area (Å²) >= 11 is 0. The first-order chi connectivity index (χ1) is 12.5. The number of amides is 1. The fraction of sp³-hybridized carbons (Fsp3) is 0.238. The van der Waals surface area contributed by atoms with Gasteiger partial charge in [0.25, 0.3) is 0 Å². The van der Waals surface area contributed by atoms with Gasteiger partial charge in [-0.1, -0.05) is 24.3 Å². The van der Waals surface area contributed by atoms with Crippen molar-refractivity contribution in [1.29, 1.82) is 0 Å². The smallest absolute Gasteiger partial charge is 0.224 e. The zero-order valence-corrected chi connectivity index (χ0v) is 15.2. The van der Waals surface area contributed by atoms with Crippen molar-refractivity contribution in [2.75, 3.05) is 5.32 Å². The van der Waals surface area contributed by atoms with Crippen LogP contribution in [-0.2, 0) is 11.2 Å². The Morgan fingerprint density at radius 3 is 2.54 bits per heavy atom. The number of rotatable bonds is 5. The van der Waals surface area contributed by atoms with Crippen LogP contribution in [0.5, 0.6) is 0 Å². The van der Waals surface area contributed by atoms with Crippen LogP contribution in [0.2, 0.25) is 0 Å². The molecule has 1 amide bonds. The van der Waals surface area contributed by atoms with Crippen LogP contribution in [0.1, 0.15) is 28.9 Å². The van der Waals surface area contributed by atoms with Gasteiger partial charge in [-0.15, -0.1) is 0 Å². The maximum absolute atomic E-state index is 13.6. The topological polar surface area (TPSA) is 46.9 Å². The van der Waals surface area contributed by atoms with E-state index in [1.165, 1.54) is 6.07 Å². The highest BCUT2D eigenvalue weighted by Crippen LogP contribution is 2.20. The number of halogens is 1. The molecule has 0 aliphatic heterocycles. The third-order valence-electron chi connectivity index (χ3n) is 4.50. The summed E-state index contributed by atoms with van der Waals surface area (Å²) in [5, 5.41) is 7.35. The number of carbonyl (C=O) groups is 1. The molecule has 3 rings (SSSR count). The number of aromatic nitrogens is 2. The van der Waals surface area contributed by atoms with Crippen molar-refractivity contribution in [3.63, 3.8) is 0 Å². The lowest BCUT2D eigenvalue weighted by Crippen LogP contribution is -2.13. The average Bonchev–Trinajstić information content (AvgIpc) is 2.91. The van der Waals surface area contributed by atoms with Gasteiger partial charge in [0, 0.05) is 17.8 Å². The number of carbonyl (C=O) groups excluding carboxylic acids is 1. The fourth-order valence-electron chi connectivity index (χ4n) is 2.99. The number of nitrogens with one attached hydrogen (secondary N) is 1. The highest BCUT2D eigenvalue weighted by molar-refractivity contribution is 5.90. The Morgan fingerprint density at radius 2 is 1.85 bits per heavy atom. The van der Waals surface area contributed by atoms with Crippen molar-refractivity contribution in [2.45, 2.75) is 33.6 Å². The minimum Gasteiger partial charge on any atom is -0.326 e. The number of anilines is 1. The van der Waals surface area contributed by atoms with Gasteiger partial charge in [0.2, 0.25) is 5.91 Å². The molecule has 0 radical (unpaired) electrons. The quantitative estimate of drug-likeness (QED) is 0.735. The lowest BCUT2D eigenvalue weighted by atomic mass is 10.1. The molecule has 2 aromatic carbocycles. The van der Waals surface area contributed by atoms with Crippen molar-refractivity contribution in [1.82, 2.24) is 9.78 Å². The number of aryl methyl sites for hydroxylation is 2. The summed E-state index contributed by atoms with van der Waals surface area (Å²) in [4.78, 5) is 12.2. The van der Waals surface area contributed by atoms with Gasteiger partial charge in [0.05, 0.1) is 11.4 Å². The van der Waals surface area contributed by atoms with Gasteiger partial charge in [-0.25, -0.2) is 9.07 Å². The second kappa shape index (κ2) is 7.52. The average molecular weight is 351 g/mol. The Hall–Kier alpha value is -2.95. The molecule has 1 N–H and O–H groups in total. The molecule has 1 aromatic heterocycles. The monoisotopic (exact) mass is 351 g/mol. The van der Waals surface area contributed by atoms with E-state index in [0.717, 1.165) is 22.6 Å². The lowest BCUT2D eigenvalue weighted by Gasteiger charge is -2.07. The molecule has 134 valence electrons.